The van der Waals surface area contributed by atoms with Crippen molar-refractivity contribution in [2.75, 3.05) is 0 Å². The number of oxime groups is 1. The Hall–Kier alpha value is -1.52. The third-order valence-electron chi connectivity index (χ3n) is 5.30. The predicted octanol–water partition coefficient (Wildman–Crippen LogP) is 6.21. The van der Waals surface area contributed by atoms with Gasteiger partial charge in [0, 0.05) is 43.6 Å². The molecule has 164 valence electrons. The topological polar surface area (TPSA) is 50.7 Å². The van der Waals surface area contributed by atoms with E-state index in [1.807, 2.05) is 0 Å². The number of hydrogen-bond donors (Lipinski definition) is 1. The Morgan fingerprint density at radius 2 is 1.87 bits per heavy atom. The van der Waals surface area contributed by atoms with E-state index in [2.05, 4.69) is 33.1 Å². The molecule has 2 aromatic carbocycles. The maximum Gasteiger partial charge on any atom is 0.435 e. The summed E-state index contributed by atoms with van der Waals surface area (Å²) in [4.78, 5) is 16.9. The van der Waals surface area contributed by atoms with Crippen molar-refractivity contribution < 1.29 is 22.8 Å². The molecule has 0 radical (unpaired) electrons. The highest BCUT2D eigenvalue weighted by molar-refractivity contribution is 14.1. The van der Waals surface area contributed by atoms with E-state index in [9.17, 15) is 18.0 Å². The lowest BCUT2D eigenvalue weighted by Gasteiger charge is -2.29. The average Bonchev–Trinajstić information content (AvgIpc) is 3.43. The van der Waals surface area contributed by atoms with Gasteiger partial charge in [-0.15, -0.1) is 0 Å². The van der Waals surface area contributed by atoms with Crippen LogP contribution in [-0.2, 0) is 21.8 Å². The minimum atomic E-state index is -4.74. The number of amides is 1. The summed E-state index contributed by atoms with van der Waals surface area (Å²) in [5.74, 6) is 0.140. The predicted molar refractivity (Wildman–Crippen MR) is 120 cm³/mol. The van der Waals surface area contributed by atoms with Crippen molar-refractivity contribution in [3.8, 4) is 0 Å². The zero-order valence-electron chi connectivity index (χ0n) is 15.9. The normalized spacial score (nSPS) is 20.9. The van der Waals surface area contributed by atoms with Gasteiger partial charge in [0.15, 0.2) is 0 Å². The van der Waals surface area contributed by atoms with Crippen LogP contribution in [0.2, 0.25) is 10.0 Å². The molecule has 31 heavy (non-hydrogen) atoms. The summed E-state index contributed by atoms with van der Waals surface area (Å²) >= 11 is 14.0. The molecule has 1 N–H and O–H groups in total. The molecule has 1 aliphatic heterocycles. The van der Waals surface area contributed by atoms with Crippen molar-refractivity contribution in [1.29, 1.82) is 0 Å². The van der Waals surface area contributed by atoms with E-state index in [1.54, 1.807) is 18.2 Å². The van der Waals surface area contributed by atoms with Gasteiger partial charge >= 0.3 is 6.18 Å². The number of nitrogens with zero attached hydrogens (tertiary/aromatic N) is 1. The standard InChI is InChI=1S/C21H16Cl2F3IN2O2/c22-15-6-14(7-16(23)8-15)20(21(24,25)26)9-18(29-31-20)12-3-4-13(17(27)5-12)10-28-19(30)11-1-2-11/h3-8,11H,1-2,9-10H2,(H,28,30). The lowest BCUT2D eigenvalue weighted by molar-refractivity contribution is -0.275. The maximum atomic E-state index is 14.1. The number of nitrogens with one attached hydrogen (secondary N) is 1. The number of hydrogen-bond acceptors (Lipinski definition) is 3. The van der Waals surface area contributed by atoms with Crippen LogP contribution in [0.25, 0.3) is 0 Å². The zero-order valence-corrected chi connectivity index (χ0v) is 19.6. The first kappa shape index (κ1) is 22.7. The van der Waals surface area contributed by atoms with Crippen LogP contribution in [0, 0.1) is 9.49 Å². The van der Waals surface area contributed by atoms with Crippen molar-refractivity contribution in [2.24, 2.45) is 11.1 Å². The second kappa shape index (κ2) is 8.44. The monoisotopic (exact) mass is 582 g/mol. The second-order valence-electron chi connectivity index (χ2n) is 7.59. The van der Waals surface area contributed by atoms with E-state index >= 15 is 0 Å². The van der Waals surface area contributed by atoms with Gasteiger partial charge in [0.2, 0.25) is 5.91 Å². The number of halogens is 6. The van der Waals surface area contributed by atoms with Gasteiger partial charge < -0.3 is 10.2 Å². The maximum absolute atomic E-state index is 14.1. The average molecular weight is 583 g/mol. The van der Waals surface area contributed by atoms with Crippen LogP contribution in [0.4, 0.5) is 13.2 Å². The summed E-state index contributed by atoms with van der Waals surface area (Å²) in [6, 6.07) is 8.93. The Morgan fingerprint density at radius 1 is 1.19 bits per heavy atom. The van der Waals surface area contributed by atoms with Crippen LogP contribution in [0.5, 0.6) is 0 Å². The molecule has 0 spiro atoms. The smallest absolute Gasteiger partial charge is 0.374 e. The van der Waals surface area contributed by atoms with E-state index in [0.29, 0.717) is 12.1 Å². The van der Waals surface area contributed by atoms with Crippen molar-refractivity contribution in [3.63, 3.8) is 0 Å². The molecule has 1 atom stereocenters. The van der Waals surface area contributed by atoms with Crippen LogP contribution < -0.4 is 5.32 Å². The molecule has 10 heteroatoms. The quantitative estimate of drug-likeness (QED) is 0.426. The molecule has 2 aromatic rings. The summed E-state index contributed by atoms with van der Waals surface area (Å²) in [7, 11) is 0. The summed E-state index contributed by atoms with van der Waals surface area (Å²) in [5, 5.41) is 6.82. The van der Waals surface area contributed by atoms with Crippen molar-refractivity contribution in [1.82, 2.24) is 5.32 Å². The molecule has 0 saturated heterocycles. The molecule has 1 amide bonds. The van der Waals surface area contributed by atoms with Crippen molar-refractivity contribution in [3.05, 3.63) is 66.7 Å². The number of benzene rings is 2. The highest BCUT2D eigenvalue weighted by Gasteiger charge is 2.62. The molecular weight excluding hydrogens is 567 g/mol. The highest BCUT2D eigenvalue weighted by atomic mass is 127. The number of carbonyl (C=O) groups is 1. The summed E-state index contributed by atoms with van der Waals surface area (Å²) in [6.45, 7) is 0.365. The van der Waals surface area contributed by atoms with E-state index in [0.717, 1.165) is 22.0 Å². The number of rotatable bonds is 5. The van der Waals surface area contributed by atoms with E-state index in [-0.39, 0.29) is 33.1 Å². The van der Waals surface area contributed by atoms with Gasteiger partial charge in [-0.25, -0.2) is 0 Å². The summed E-state index contributed by atoms with van der Waals surface area (Å²) in [5.41, 5.74) is -1.31. The van der Waals surface area contributed by atoms with Crippen LogP contribution in [-0.4, -0.2) is 17.8 Å². The number of alkyl halides is 3. The van der Waals surface area contributed by atoms with E-state index < -0.39 is 18.2 Å². The number of carbonyl (C=O) groups excluding carboxylic acids is 1. The van der Waals surface area contributed by atoms with Gasteiger partial charge in [-0.2, -0.15) is 13.2 Å². The molecule has 1 aliphatic carbocycles. The third kappa shape index (κ3) is 4.66. The lowest BCUT2D eigenvalue weighted by Crippen LogP contribution is -2.42. The largest absolute Gasteiger partial charge is 0.435 e. The molecule has 1 fully saturated rings. The lowest BCUT2D eigenvalue weighted by atomic mass is 9.86. The first-order valence-electron chi connectivity index (χ1n) is 9.44. The zero-order chi connectivity index (χ0) is 22.4. The molecule has 1 saturated carbocycles. The molecule has 0 aromatic heterocycles. The molecule has 4 rings (SSSR count). The fourth-order valence-corrected chi connectivity index (χ4v) is 4.62. The SMILES string of the molecule is O=C(NCc1ccc(C2=NOC(c3cc(Cl)cc(Cl)c3)(C(F)(F)F)C2)cc1I)C1CC1. The molecule has 4 nitrogen and oxygen atoms in total. The molecule has 1 unspecified atom stereocenters. The first-order chi connectivity index (χ1) is 14.6. The van der Waals surface area contributed by atoms with Gasteiger partial charge in [0.25, 0.3) is 5.60 Å². The Balaban J connectivity index is 1.57. The highest BCUT2D eigenvalue weighted by Crippen LogP contribution is 2.49. The van der Waals surface area contributed by atoms with Crippen LogP contribution in [0.1, 0.15) is 36.0 Å². The second-order valence-corrected chi connectivity index (χ2v) is 9.62. The van der Waals surface area contributed by atoms with Gasteiger partial charge in [-0.3, -0.25) is 4.79 Å². The minimum absolute atomic E-state index is 0.0311. The van der Waals surface area contributed by atoms with Crippen molar-refractivity contribution in [2.45, 2.75) is 37.6 Å². The molecular formula is C21H16Cl2F3IN2O2. The minimum Gasteiger partial charge on any atom is -0.374 e. The first-order valence-corrected chi connectivity index (χ1v) is 11.3. The third-order valence-corrected chi connectivity index (χ3v) is 6.74. The Bertz CT molecular complexity index is 1050. The van der Waals surface area contributed by atoms with Gasteiger partial charge in [-0.05, 0) is 65.3 Å². The van der Waals surface area contributed by atoms with E-state index in [1.165, 1.54) is 18.2 Å². The Kier molecular flexibility index (Phi) is 6.17. The van der Waals surface area contributed by atoms with Gasteiger partial charge in [0.05, 0.1) is 5.71 Å². The molecule has 0 bridgehead atoms. The van der Waals surface area contributed by atoms with Crippen LogP contribution >= 0.6 is 45.8 Å². The Morgan fingerprint density at radius 3 is 2.45 bits per heavy atom. The van der Waals surface area contributed by atoms with E-state index in [4.69, 9.17) is 28.0 Å². The fraction of sp³-hybridized carbons (Fsp3) is 0.333. The van der Waals surface area contributed by atoms with Crippen LogP contribution in [0.15, 0.2) is 41.6 Å². The van der Waals surface area contributed by atoms with Gasteiger partial charge in [0.1, 0.15) is 0 Å². The Labute approximate surface area is 200 Å². The van der Waals surface area contributed by atoms with Crippen molar-refractivity contribution >= 4 is 57.4 Å². The van der Waals surface area contributed by atoms with Gasteiger partial charge in [-0.1, -0.05) is 40.5 Å². The molecule has 1 heterocycles. The summed E-state index contributed by atoms with van der Waals surface area (Å²) < 4.78 is 43.2. The fourth-order valence-electron chi connectivity index (χ4n) is 3.39. The van der Waals surface area contributed by atoms with Crippen LogP contribution in [0.3, 0.4) is 0 Å². The molecule has 2 aliphatic rings. The summed E-state index contributed by atoms with van der Waals surface area (Å²) in [6.07, 6.45) is -3.42.